The van der Waals surface area contributed by atoms with Gasteiger partial charge in [-0.15, -0.1) is 0 Å². The van der Waals surface area contributed by atoms with Crippen LogP contribution in [-0.2, 0) is 0 Å². The van der Waals surface area contributed by atoms with Gasteiger partial charge in [-0.05, 0) is 36.8 Å². The zero-order valence-electron chi connectivity index (χ0n) is 9.64. The lowest BCUT2D eigenvalue weighted by molar-refractivity contribution is 0.0690. The van der Waals surface area contributed by atoms with Crippen LogP contribution < -0.4 is 5.32 Å². The molecule has 0 bridgehead atoms. The predicted molar refractivity (Wildman–Crippen MR) is 73.4 cm³/mol. The average molecular weight is 307 g/mol. The number of carboxylic acids is 1. The minimum atomic E-state index is -1.04. The lowest BCUT2D eigenvalue weighted by Crippen LogP contribution is -2.03. The first-order chi connectivity index (χ1) is 8.58. The molecule has 2 aromatic rings. The molecule has 0 saturated heterocycles. The second-order valence-corrected chi connectivity index (χ2v) is 4.60. The number of nitrogens with zero attached hydrogens (tertiary/aromatic N) is 1. The van der Waals surface area contributed by atoms with Crippen molar-refractivity contribution >= 4 is 33.4 Å². The van der Waals surface area contributed by atoms with E-state index in [2.05, 4.69) is 26.2 Å². The van der Waals surface area contributed by atoms with Crippen LogP contribution in [0.15, 0.2) is 40.9 Å². The number of rotatable bonds is 3. The number of aromatic carboxylic acids is 1. The number of carboxylic acid groups (broad SMARTS) is 1. The van der Waals surface area contributed by atoms with Gasteiger partial charge in [0, 0.05) is 10.2 Å². The van der Waals surface area contributed by atoms with Crippen LogP contribution in [-0.4, -0.2) is 16.1 Å². The first kappa shape index (κ1) is 12.6. The summed E-state index contributed by atoms with van der Waals surface area (Å²) in [6, 6.07) is 10.6. The summed E-state index contributed by atoms with van der Waals surface area (Å²) in [5.74, 6) is -0.527. The molecule has 1 aromatic carbocycles. The van der Waals surface area contributed by atoms with Gasteiger partial charge in [0.1, 0.15) is 5.82 Å². The Balaban J connectivity index is 2.31. The Bertz CT molecular complexity index is 599. The van der Waals surface area contributed by atoms with Crippen LogP contribution >= 0.6 is 15.9 Å². The van der Waals surface area contributed by atoms with Gasteiger partial charge in [0.2, 0.25) is 0 Å². The first-order valence-electron chi connectivity index (χ1n) is 5.30. The number of carbonyl (C=O) groups is 1. The molecule has 92 valence electrons. The van der Waals surface area contributed by atoms with Crippen LogP contribution in [0.2, 0.25) is 0 Å². The zero-order valence-corrected chi connectivity index (χ0v) is 11.2. The summed E-state index contributed by atoms with van der Waals surface area (Å²) < 4.78 is 0.988. The van der Waals surface area contributed by atoms with Crippen LogP contribution in [0, 0.1) is 6.92 Å². The van der Waals surface area contributed by atoms with Crippen LogP contribution in [0.1, 0.15) is 16.1 Å². The van der Waals surface area contributed by atoms with Gasteiger partial charge in [0.05, 0.1) is 0 Å². The molecule has 0 amide bonds. The summed E-state index contributed by atoms with van der Waals surface area (Å²) in [5.41, 5.74) is 1.95. The monoisotopic (exact) mass is 306 g/mol. The maximum atomic E-state index is 10.8. The summed E-state index contributed by atoms with van der Waals surface area (Å²) in [6.07, 6.45) is 0. The van der Waals surface area contributed by atoms with Gasteiger partial charge in [-0.25, -0.2) is 9.78 Å². The van der Waals surface area contributed by atoms with E-state index in [1.807, 2.05) is 25.1 Å². The fraction of sp³-hybridized carbons (Fsp3) is 0.0769. The lowest BCUT2D eigenvalue weighted by Gasteiger charge is -2.10. The van der Waals surface area contributed by atoms with E-state index in [1.165, 1.54) is 6.07 Å². The summed E-state index contributed by atoms with van der Waals surface area (Å²) >= 11 is 3.44. The van der Waals surface area contributed by atoms with Gasteiger partial charge in [-0.1, -0.05) is 28.1 Å². The topological polar surface area (TPSA) is 62.2 Å². The van der Waals surface area contributed by atoms with Crippen molar-refractivity contribution in [1.82, 2.24) is 4.98 Å². The van der Waals surface area contributed by atoms with E-state index in [0.29, 0.717) is 5.82 Å². The van der Waals surface area contributed by atoms with Crippen LogP contribution in [0.3, 0.4) is 0 Å². The fourth-order valence-electron chi connectivity index (χ4n) is 1.50. The number of benzene rings is 1. The molecule has 18 heavy (non-hydrogen) atoms. The molecular weight excluding hydrogens is 296 g/mol. The maximum absolute atomic E-state index is 10.8. The minimum absolute atomic E-state index is 0.0210. The Hall–Kier alpha value is -1.88. The molecule has 1 aromatic heterocycles. The molecule has 0 atom stereocenters. The highest BCUT2D eigenvalue weighted by Crippen LogP contribution is 2.25. The van der Waals surface area contributed by atoms with Crippen molar-refractivity contribution in [3.63, 3.8) is 0 Å². The first-order valence-corrected chi connectivity index (χ1v) is 6.09. The molecule has 2 N–H and O–H groups in total. The van der Waals surface area contributed by atoms with E-state index < -0.39 is 5.97 Å². The van der Waals surface area contributed by atoms with Crippen molar-refractivity contribution in [3.05, 3.63) is 52.1 Å². The normalized spacial score (nSPS) is 10.1. The smallest absolute Gasteiger partial charge is 0.354 e. The highest BCUT2D eigenvalue weighted by molar-refractivity contribution is 9.10. The molecule has 0 aliphatic heterocycles. The Morgan fingerprint density at radius 1 is 1.28 bits per heavy atom. The molecule has 0 saturated carbocycles. The highest BCUT2D eigenvalue weighted by Gasteiger charge is 2.06. The summed E-state index contributed by atoms with van der Waals surface area (Å²) in [4.78, 5) is 14.8. The standard InChI is InChI=1S/C13H11BrN2O2/c1-8-9(14)4-2-5-10(8)15-12-7-3-6-11(16-12)13(17)18/h2-7H,1H3,(H,15,16)(H,17,18). The van der Waals surface area contributed by atoms with Gasteiger partial charge in [-0.2, -0.15) is 0 Å². The van der Waals surface area contributed by atoms with E-state index in [1.54, 1.807) is 12.1 Å². The van der Waals surface area contributed by atoms with E-state index in [4.69, 9.17) is 5.11 Å². The Kier molecular flexibility index (Phi) is 3.62. The summed E-state index contributed by atoms with van der Waals surface area (Å²) in [6.45, 7) is 1.97. The summed E-state index contributed by atoms with van der Waals surface area (Å²) in [5, 5.41) is 12.0. The molecule has 0 unspecified atom stereocenters. The van der Waals surface area contributed by atoms with E-state index in [0.717, 1.165) is 15.7 Å². The number of hydrogen-bond donors (Lipinski definition) is 2. The van der Waals surface area contributed by atoms with Gasteiger partial charge in [0.25, 0.3) is 0 Å². The number of nitrogens with one attached hydrogen (secondary N) is 1. The quantitative estimate of drug-likeness (QED) is 0.909. The van der Waals surface area contributed by atoms with Gasteiger partial charge in [0.15, 0.2) is 5.69 Å². The minimum Gasteiger partial charge on any atom is -0.477 e. The third-order valence-electron chi connectivity index (χ3n) is 2.50. The molecule has 0 spiro atoms. The van der Waals surface area contributed by atoms with Crippen LogP contribution in [0.4, 0.5) is 11.5 Å². The molecule has 5 heteroatoms. The average Bonchev–Trinajstić information content (AvgIpc) is 2.35. The third-order valence-corrected chi connectivity index (χ3v) is 3.36. The highest BCUT2D eigenvalue weighted by atomic mass is 79.9. The second kappa shape index (κ2) is 5.18. The molecule has 4 nitrogen and oxygen atoms in total. The number of pyridine rings is 1. The molecule has 0 aliphatic rings. The lowest BCUT2D eigenvalue weighted by atomic mass is 10.2. The number of aromatic nitrogens is 1. The molecule has 0 aliphatic carbocycles. The molecule has 0 radical (unpaired) electrons. The van der Waals surface area contributed by atoms with Crippen molar-refractivity contribution in [2.45, 2.75) is 6.92 Å². The number of hydrogen-bond acceptors (Lipinski definition) is 3. The SMILES string of the molecule is Cc1c(Br)cccc1Nc1cccc(C(=O)O)n1. The van der Waals surface area contributed by atoms with Crippen molar-refractivity contribution < 1.29 is 9.90 Å². The van der Waals surface area contributed by atoms with Gasteiger partial charge >= 0.3 is 5.97 Å². The van der Waals surface area contributed by atoms with Crippen molar-refractivity contribution in [1.29, 1.82) is 0 Å². The zero-order chi connectivity index (χ0) is 13.1. The van der Waals surface area contributed by atoms with Crippen molar-refractivity contribution in [2.24, 2.45) is 0 Å². The van der Waals surface area contributed by atoms with Gasteiger partial charge in [-0.3, -0.25) is 0 Å². The van der Waals surface area contributed by atoms with Crippen LogP contribution in [0.5, 0.6) is 0 Å². The van der Waals surface area contributed by atoms with E-state index >= 15 is 0 Å². The Morgan fingerprint density at radius 3 is 2.72 bits per heavy atom. The van der Waals surface area contributed by atoms with Crippen molar-refractivity contribution in [2.75, 3.05) is 5.32 Å². The van der Waals surface area contributed by atoms with Crippen molar-refractivity contribution in [3.8, 4) is 0 Å². The molecular formula is C13H11BrN2O2. The maximum Gasteiger partial charge on any atom is 0.354 e. The molecule has 1 heterocycles. The number of halogens is 1. The second-order valence-electron chi connectivity index (χ2n) is 3.75. The third kappa shape index (κ3) is 2.68. The molecule has 2 rings (SSSR count). The van der Waals surface area contributed by atoms with Crippen LogP contribution in [0.25, 0.3) is 0 Å². The summed E-state index contributed by atoms with van der Waals surface area (Å²) in [7, 11) is 0. The Morgan fingerprint density at radius 2 is 2.00 bits per heavy atom. The Labute approximate surface area is 113 Å². The number of anilines is 2. The fourth-order valence-corrected chi connectivity index (χ4v) is 1.87. The largest absolute Gasteiger partial charge is 0.477 e. The van der Waals surface area contributed by atoms with E-state index in [9.17, 15) is 4.79 Å². The molecule has 0 fully saturated rings. The van der Waals surface area contributed by atoms with E-state index in [-0.39, 0.29) is 5.69 Å². The predicted octanol–water partition coefficient (Wildman–Crippen LogP) is 3.59. The van der Waals surface area contributed by atoms with Gasteiger partial charge < -0.3 is 10.4 Å².